The number of rotatable bonds is 7. The highest BCUT2D eigenvalue weighted by atomic mass is 16.5. The van der Waals surface area contributed by atoms with Gasteiger partial charge in [0.2, 0.25) is 0 Å². The lowest BCUT2D eigenvalue weighted by molar-refractivity contribution is -0.0611. The molecule has 5 heterocycles. The summed E-state index contributed by atoms with van der Waals surface area (Å²) in [6.07, 6.45) is 8.66. The summed E-state index contributed by atoms with van der Waals surface area (Å²) in [4.78, 5) is 23.6. The number of fused-ring (bicyclic) bond motifs is 1. The second-order valence-corrected chi connectivity index (χ2v) is 11.8. The first-order valence-corrected chi connectivity index (χ1v) is 14.1. The zero-order chi connectivity index (χ0) is 25.9. The Kier molecular flexibility index (Phi) is 5.85. The normalized spacial score (nSPS) is 21.8. The lowest BCUT2D eigenvalue weighted by Crippen LogP contribution is -2.49. The van der Waals surface area contributed by atoms with Crippen LogP contribution in [0.3, 0.4) is 0 Å². The van der Waals surface area contributed by atoms with Crippen LogP contribution in [0.4, 0.5) is 5.69 Å². The highest BCUT2D eigenvalue weighted by Gasteiger charge is 2.43. The summed E-state index contributed by atoms with van der Waals surface area (Å²) in [5, 5.41) is 8.38. The fraction of sp³-hybridized carbons (Fsp3) is 0.533. The van der Waals surface area contributed by atoms with Crippen molar-refractivity contribution in [1.29, 1.82) is 0 Å². The van der Waals surface area contributed by atoms with Gasteiger partial charge in [0.15, 0.2) is 0 Å². The Labute approximate surface area is 224 Å². The quantitative estimate of drug-likeness (QED) is 0.470. The molecule has 1 amide bonds. The lowest BCUT2D eigenvalue weighted by atomic mass is 9.75. The molecule has 1 saturated carbocycles. The van der Waals surface area contributed by atoms with Gasteiger partial charge < -0.3 is 14.2 Å². The Bertz CT molecular complexity index is 1370. The molecule has 8 nitrogen and oxygen atoms in total. The van der Waals surface area contributed by atoms with E-state index in [1.54, 1.807) is 6.33 Å². The number of aryl methyl sites for hydroxylation is 1. The molecule has 4 aliphatic rings. The van der Waals surface area contributed by atoms with Crippen molar-refractivity contribution in [1.82, 2.24) is 24.6 Å². The molecule has 198 valence electrons. The summed E-state index contributed by atoms with van der Waals surface area (Å²) in [5.41, 5.74) is 6.20. The minimum atomic E-state index is -0.149. The van der Waals surface area contributed by atoms with E-state index < -0.39 is 0 Å². The van der Waals surface area contributed by atoms with Crippen LogP contribution in [-0.2, 0) is 30.2 Å². The number of ether oxygens (including phenoxy) is 1. The fourth-order valence-electron chi connectivity index (χ4n) is 6.45. The SMILES string of the molecule is C[C@@H](c1cc2c(c(C3CC3)n1)CN(c1cccc(C3(Cc4nncn4C)COC3)c1)C2=O)N1CCCCC1. The van der Waals surface area contributed by atoms with E-state index in [2.05, 4.69) is 52.4 Å². The van der Waals surface area contributed by atoms with Gasteiger partial charge in [-0.15, -0.1) is 10.2 Å². The van der Waals surface area contributed by atoms with Crippen LogP contribution in [0.1, 0.15) is 89.7 Å². The molecule has 0 bridgehead atoms. The Morgan fingerprint density at radius 1 is 1.13 bits per heavy atom. The van der Waals surface area contributed by atoms with Gasteiger partial charge in [0.25, 0.3) is 5.91 Å². The molecule has 7 rings (SSSR count). The maximum absolute atomic E-state index is 13.9. The number of nitrogens with zero attached hydrogens (tertiary/aromatic N) is 6. The minimum Gasteiger partial charge on any atom is -0.379 e. The van der Waals surface area contributed by atoms with E-state index in [0.29, 0.717) is 25.7 Å². The Morgan fingerprint density at radius 3 is 2.63 bits per heavy atom. The Hall–Kier alpha value is -3.10. The smallest absolute Gasteiger partial charge is 0.259 e. The van der Waals surface area contributed by atoms with Gasteiger partial charge in [-0.3, -0.25) is 14.7 Å². The van der Waals surface area contributed by atoms with Gasteiger partial charge in [-0.05, 0) is 69.5 Å². The highest BCUT2D eigenvalue weighted by Crippen LogP contribution is 2.45. The first-order valence-electron chi connectivity index (χ1n) is 14.1. The van der Waals surface area contributed by atoms with Gasteiger partial charge in [0.1, 0.15) is 12.2 Å². The van der Waals surface area contributed by atoms with E-state index in [9.17, 15) is 4.79 Å². The number of amides is 1. The van der Waals surface area contributed by atoms with E-state index in [0.717, 1.165) is 47.8 Å². The third-order valence-corrected chi connectivity index (χ3v) is 9.13. The summed E-state index contributed by atoms with van der Waals surface area (Å²) >= 11 is 0. The van der Waals surface area contributed by atoms with Crippen molar-refractivity contribution in [3.63, 3.8) is 0 Å². The van der Waals surface area contributed by atoms with Crippen molar-refractivity contribution in [2.45, 2.75) is 69.4 Å². The highest BCUT2D eigenvalue weighted by molar-refractivity contribution is 6.10. The zero-order valence-electron chi connectivity index (χ0n) is 22.4. The molecule has 8 heteroatoms. The summed E-state index contributed by atoms with van der Waals surface area (Å²) in [5.74, 6) is 1.54. The predicted octanol–water partition coefficient (Wildman–Crippen LogP) is 4.31. The molecule has 1 aliphatic carbocycles. The van der Waals surface area contributed by atoms with E-state index in [1.807, 2.05) is 16.5 Å². The number of likely N-dealkylation sites (tertiary alicyclic amines) is 1. The number of carbonyl (C=O) groups excluding carboxylic acids is 1. The van der Waals surface area contributed by atoms with Gasteiger partial charge in [-0.1, -0.05) is 18.6 Å². The molecule has 2 saturated heterocycles. The van der Waals surface area contributed by atoms with Crippen LogP contribution in [0.25, 0.3) is 0 Å². The summed E-state index contributed by atoms with van der Waals surface area (Å²) in [7, 11) is 1.98. The number of benzene rings is 1. The topological polar surface area (TPSA) is 76.4 Å². The molecule has 38 heavy (non-hydrogen) atoms. The molecule has 0 unspecified atom stereocenters. The number of aromatic nitrogens is 4. The fourth-order valence-corrected chi connectivity index (χ4v) is 6.45. The number of anilines is 1. The molecule has 0 N–H and O–H groups in total. The lowest BCUT2D eigenvalue weighted by Gasteiger charge is -2.42. The Morgan fingerprint density at radius 2 is 1.95 bits per heavy atom. The van der Waals surface area contributed by atoms with Gasteiger partial charge in [-0.25, -0.2) is 0 Å². The maximum Gasteiger partial charge on any atom is 0.259 e. The van der Waals surface area contributed by atoms with Crippen molar-refractivity contribution in [2.75, 3.05) is 31.2 Å². The van der Waals surface area contributed by atoms with Crippen molar-refractivity contribution in [3.8, 4) is 0 Å². The van der Waals surface area contributed by atoms with Gasteiger partial charge in [-0.2, -0.15) is 0 Å². The van der Waals surface area contributed by atoms with E-state index in [4.69, 9.17) is 9.72 Å². The average molecular weight is 513 g/mol. The van der Waals surface area contributed by atoms with Crippen LogP contribution >= 0.6 is 0 Å². The summed E-state index contributed by atoms with van der Waals surface area (Å²) in [6, 6.07) is 10.8. The third-order valence-electron chi connectivity index (χ3n) is 9.13. The number of piperidine rings is 1. The van der Waals surface area contributed by atoms with Crippen molar-refractivity contribution in [2.24, 2.45) is 7.05 Å². The molecule has 3 fully saturated rings. The van der Waals surface area contributed by atoms with Crippen LogP contribution in [0.15, 0.2) is 36.7 Å². The van der Waals surface area contributed by atoms with Crippen molar-refractivity contribution >= 4 is 11.6 Å². The summed E-state index contributed by atoms with van der Waals surface area (Å²) in [6.45, 7) is 6.38. The molecule has 1 aromatic carbocycles. The van der Waals surface area contributed by atoms with Gasteiger partial charge in [0.05, 0.1) is 25.5 Å². The predicted molar refractivity (Wildman–Crippen MR) is 144 cm³/mol. The molecule has 2 aromatic heterocycles. The molecule has 3 aliphatic heterocycles. The van der Waals surface area contributed by atoms with E-state index in [-0.39, 0.29) is 17.4 Å². The standard InChI is InChI=1S/C30H36N6O2/c1-20(35-11-4-3-5-12-35)26-14-24-25(28(32-26)21-9-10-21)16-36(29(24)37)23-8-6-7-22(13-23)30(17-38-18-30)15-27-33-31-19-34(27)2/h6-8,13-14,19-21H,3-5,9-12,15-18H2,1-2H3/t20-/m0/s1. The molecule has 0 spiro atoms. The van der Waals surface area contributed by atoms with E-state index >= 15 is 0 Å². The van der Waals surface area contributed by atoms with Gasteiger partial charge >= 0.3 is 0 Å². The number of pyridine rings is 1. The number of carbonyl (C=O) groups is 1. The van der Waals surface area contributed by atoms with Crippen LogP contribution in [0, 0.1) is 0 Å². The van der Waals surface area contributed by atoms with Crippen LogP contribution in [0.5, 0.6) is 0 Å². The average Bonchev–Trinajstić information content (AvgIpc) is 3.62. The van der Waals surface area contributed by atoms with E-state index in [1.165, 1.54) is 43.4 Å². The molecular weight excluding hydrogens is 476 g/mol. The zero-order valence-corrected chi connectivity index (χ0v) is 22.4. The largest absolute Gasteiger partial charge is 0.379 e. The number of hydrogen-bond acceptors (Lipinski definition) is 6. The second-order valence-electron chi connectivity index (χ2n) is 11.8. The first kappa shape index (κ1) is 24.0. The second kappa shape index (κ2) is 9.27. The van der Waals surface area contributed by atoms with Crippen LogP contribution in [0.2, 0.25) is 0 Å². The summed E-state index contributed by atoms with van der Waals surface area (Å²) < 4.78 is 7.67. The molecular formula is C30H36N6O2. The molecule has 1 atom stereocenters. The van der Waals surface area contributed by atoms with Crippen LogP contribution in [-0.4, -0.2) is 56.9 Å². The minimum absolute atomic E-state index is 0.0979. The first-order chi connectivity index (χ1) is 18.5. The van der Waals surface area contributed by atoms with Gasteiger partial charge in [0, 0.05) is 53.4 Å². The van der Waals surface area contributed by atoms with Crippen LogP contribution < -0.4 is 4.90 Å². The molecule has 0 radical (unpaired) electrons. The third kappa shape index (κ3) is 4.05. The monoisotopic (exact) mass is 512 g/mol. The van der Waals surface area contributed by atoms with Crippen molar-refractivity contribution in [3.05, 3.63) is 70.6 Å². The molecule has 3 aromatic rings. The number of hydrogen-bond donors (Lipinski definition) is 0. The maximum atomic E-state index is 13.9. The Balaban J connectivity index is 1.20. The van der Waals surface area contributed by atoms with Crippen molar-refractivity contribution < 1.29 is 9.53 Å².